The molecule has 1 aliphatic heterocycles. The van der Waals surface area contributed by atoms with Crippen LogP contribution in [-0.4, -0.2) is 30.5 Å². The van der Waals surface area contributed by atoms with Gasteiger partial charge in [0.15, 0.2) is 5.58 Å². The molecule has 0 atom stereocenters. The predicted molar refractivity (Wildman–Crippen MR) is 101 cm³/mol. The van der Waals surface area contributed by atoms with Crippen LogP contribution < -0.4 is 10.2 Å². The fourth-order valence-corrected chi connectivity index (χ4v) is 4.04. The van der Waals surface area contributed by atoms with Gasteiger partial charge >= 0.3 is 0 Å². The van der Waals surface area contributed by atoms with Crippen LogP contribution in [0.25, 0.3) is 11.1 Å². The molecule has 1 saturated heterocycles. The fourth-order valence-electron chi connectivity index (χ4n) is 3.08. The van der Waals surface area contributed by atoms with Crippen LogP contribution >= 0.6 is 22.9 Å². The molecule has 2 aromatic heterocycles. The van der Waals surface area contributed by atoms with Crippen LogP contribution in [0.15, 0.2) is 40.8 Å². The van der Waals surface area contributed by atoms with Crippen molar-refractivity contribution < 1.29 is 9.21 Å². The lowest BCUT2D eigenvalue weighted by molar-refractivity contribution is 0.0949. The average molecular weight is 376 g/mol. The monoisotopic (exact) mass is 375 g/mol. The molecule has 4 rings (SSSR count). The number of rotatable bonds is 4. The highest BCUT2D eigenvalue weighted by Crippen LogP contribution is 2.26. The Kier molecular flexibility index (Phi) is 4.63. The number of aromatic nitrogens is 1. The number of nitrogens with one attached hydrogen (secondary N) is 1. The Bertz CT molecular complexity index is 850. The maximum atomic E-state index is 12.1. The van der Waals surface area contributed by atoms with Crippen molar-refractivity contribution in [2.45, 2.75) is 12.8 Å². The molecule has 130 valence electrons. The van der Waals surface area contributed by atoms with Gasteiger partial charge in [-0.3, -0.25) is 4.79 Å². The second-order valence-electron chi connectivity index (χ2n) is 6.21. The lowest BCUT2D eigenvalue weighted by Gasteiger charge is -2.30. The number of nitrogens with zero attached hydrogens (tertiary/aromatic N) is 2. The smallest absolute Gasteiger partial charge is 0.298 e. The van der Waals surface area contributed by atoms with Crippen molar-refractivity contribution in [3.8, 4) is 0 Å². The molecule has 1 aliphatic rings. The Hall–Kier alpha value is -2.05. The minimum Gasteiger partial charge on any atom is -0.423 e. The number of oxazole rings is 1. The van der Waals surface area contributed by atoms with Gasteiger partial charge in [0, 0.05) is 19.6 Å². The molecular weight excluding hydrogens is 358 g/mol. The molecule has 7 heteroatoms. The summed E-state index contributed by atoms with van der Waals surface area (Å²) in [6, 6.07) is 12.0. The normalized spacial score (nSPS) is 15.6. The van der Waals surface area contributed by atoms with Gasteiger partial charge in [-0.15, -0.1) is 11.3 Å². The number of benzene rings is 1. The zero-order valence-corrected chi connectivity index (χ0v) is 15.1. The second-order valence-corrected chi connectivity index (χ2v) is 7.92. The lowest BCUT2D eigenvalue weighted by Crippen LogP contribution is -2.38. The van der Waals surface area contributed by atoms with Crippen LogP contribution in [0, 0.1) is 5.92 Å². The number of piperidine rings is 1. The number of carbonyl (C=O) groups is 1. The molecule has 0 radical (unpaired) electrons. The van der Waals surface area contributed by atoms with Crippen LogP contribution in [0.1, 0.15) is 22.5 Å². The van der Waals surface area contributed by atoms with Gasteiger partial charge in [0.05, 0.1) is 9.21 Å². The zero-order chi connectivity index (χ0) is 17.2. The van der Waals surface area contributed by atoms with Crippen LogP contribution in [0.2, 0.25) is 4.34 Å². The first-order chi connectivity index (χ1) is 12.2. The first-order valence-corrected chi connectivity index (χ1v) is 9.52. The first-order valence-electron chi connectivity index (χ1n) is 8.33. The number of hydrogen-bond acceptors (Lipinski definition) is 5. The Morgan fingerprint density at radius 2 is 2.08 bits per heavy atom. The van der Waals surface area contributed by atoms with E-state index in [0.29, 0.717) is 27.7 Å². The van der Waals surface area contributed by atoms with Crippen molar-refractivity contribution in [2.75, 3.05) is 24.5 Å². The number of fused-ring (bicyclic) bond motifs is 1. The third kappa shape index (κ3) is 3.65. The zero-order valence-electron chi connectivity index (χ0n) is 13.6. The summed E-state index contributed by atoms with van der Waals surface area (Å²) >= 11 is 7.18. The van der Waals surface area contributed by atoms with E-state index in [1.165, 1.54) is 11.3 Å². The summed E-state index contributed by atoms with van der Waals surface area (Å²) in [5.41, 5.74) is 1.71. The summed E-state index contributed by atoms with van der Waals surface area (Å²) in [7, 11) is 0. The Morgan fingerprint density at radius 1 is 1.28 bits per heavy atom. The third-order valence-electron chi connectivity index (χ3n) is 4.52. The van der Waals surface area contributed by atoms with E-state index in [2.05, 4.69) is 15.2 Å². The van der Waals surface area contributed by atoms with E-state index in [0.717, 1.165) is 37.0 Å². The topological polar surface area (TPSA) is 58.4 Å². The summed E-state index contributed by atoms with van der Waals surface area (Å²) < 4.78 is 6.47. The third-order valence-corrected chi connectivity index (χ3v) is 5.75. The molecule has 25 heavy (non-hydrogen) atoms. The van der Waals surface area contributed by atoms with Crippen molar-refractivity contribution in [1.29, 1.82) is 0 Å². The SMILES string of the molecule is O=C(NCC1CCN(c2nc3ccccc3o2)CC1)c1ccc(Cl)s1. The first kappa shape index (κ1) is 16.4. The predicted octanol–water partition coefficient (Wildman–Crippen LogP) is 4.19. The molecule has 0 spiro atoms. The maximum Gasteiger partial charge on any atom is 0.298 e. The molecule has 1 N–H and O–H groups in total. The molecular formula is C18H18ClN3O2S. The Balaban J connectivity index is 1.30. The van der Waals surface area contributed by atoms with Gasteiger partial charge in [0.25, 0.3) is 11.9 Å². The van der Waals surface area contributed by atoms with Crippen LogP contribution in [0.5, 0.6) is 0 Å². The minimum atomic E-state index is -0.0433. The van der Waals surface area contributed by atoms with E-state index < -0.39 is 0 Å². The number of anilines is 1. The number of thiophene rings is 1. The van der Waals surface area contributed by atoms with E-state index >= 15 is 0 Å². The van der Waals surface area contributed by atoms with E-state index in [4.69, 9.17) is 16.0 Å². The molecule has 5 nitrogen and oxygen atoms in total. The van der Waals surface area contributed by atoms with Gasteiger partial charge in [0.1, 0.15) is 5.52 Å². The van der Waals surface area contributed by atoms with Crippen molar-refractivity contribution in [3.63, 3.8) is 0 Å². The van der Waals surface area contributed by atoms with Gasteiger partial charge in [-0.05, 0) is 43.0 Å². The summed E-state index contributed by atoms with van der Waals surface area (Å²) in [5.74, 6) is 0.429. The van der Waals surface area contributed by atoms with Gasteiger partial charge < -0.3 is 14.6 Å². The minimum absolute atomic E-state index is 0.0433. The highest BCUT2D eigenvalue weighted by Gasteiger charge is 2.23. The van der Waals surface area contributed by atoms with E-state index in [1.807, 2.05) is 24.3 Å². The highest BCUT2D eigenvalue weighted by atomic mass is 35.5. The average Bonchev–Trinajstić information content (AvgIpc) is 3.26. The van der Waals surface area contributed by atoms with E-state index in [-0.39, 0.29) is 5.91 Å². The quantitative estimate of drug-likeness (QED) is 0.742. The van der Waals surface area contributed by atoms with E-state index in [1.54, 1.807) is 12.1 Å². The van der Waals surface area contributed by atoms with Crippen molar-refractivity contribution in [1.82, 2.24) is 10.3 Å². The molecule has 1 amide bonds. The number of hydrogen-bond donors (Lipinski definition) is 1. The summed E-state index contributed by atoms with van der Waals surface area (Å²) in [5, 5.41) is 3.01. The fraction of sp³-hybridized carbons (Fsp3) is 0.333. The Labute approximate surface area is 154 Å². The van der Waals surface area contributed by atoms with E-state index in [9.17, 15) is 4.79 Å². The lowest BCUT2D eigenvalue weighted by atomic mass is 9.97. The summed E-state index contributed by atoms with van der Waals surface area (Å²) in [6.07, 6.45) is 2.01. The molecule has 3 heterocycles. The molecule has 1 fully saturated rings. The summed E-state index contributed by atoms with van der Waals surface area (Å²) in [6.45, 7) is 2.46. The van der Waals surface area contributed by atoms with Gasteiger partial charge in [0.2, 0.25) is 0 Å². The van der Waals surface area contributed by atoms with Gasteiger partial charge in [-0.2, -0.15) is 4.98 Å². The number of amides is 1. The molecule has 0 bridgehead atoms. The molecule has 0 unspecified atom stereocenters. The number of carbonyl (C=O) groups excluding carboxylic acids is 1. The van der Waals surface area contributed by atoms with Gasteiger partial charge in [-0.25, -0.2) is 0 Å². The van der Waals surface area contributed by atoms with Crippen LogP contribution in [0.4, 0.5) is 6.01 Å². The molecule has 1 aromatic carbocycles. The number of para-hydroxylation sites is 2. The second kappa shape index (κ2) is 7.06. The van der Waals surface area contributed by atoms with Crippen molar-refractivity contribution >= 4 is 46.0 Å². The van der Waals surface area contributed by atoms with Crippen LogP contribution in [0.3, 0.4) is 0 Å². The maximum absolute atomic E-state index is 12.1. The molecule has 0 saturated carbocycles. The highest BCUT2D eigenvalue weighted by molar-refractivity contribution is 7.17. The summed E-state index contributed by atoms with van der Waals surface area (Å²) in [4.78, 5) is 19.5. The Morgan fingerprint density at radius 3 is 2.80 bits per heavy atom. The molecule has 3 aromatic rings. The largest absolute Gasteiger partial charge is 0.423 e. The standard InChI is InChI=1S/C18H18ClN3O2S/c19-16-6-5-15(25-16)17(23)20-11-12-7-9-22(10-8-12)18-21-13-3-1-2-4-14(13)24-18/h1-6,12H,7-11H2,(H,20,23). The van der Waals surface area contributed by atoms with Crippen molar-refractivity contribution in [2.24, 2.45) is 5.92 Å². The molecule has 0 aliphatic carbocycles. The van der Waals surface area contributed by atoms with Crippen molar-refractivity contribution in [3.05, 3.63) is 45.6 Å². The van der Waals surface area contributed by atoms with Crippen LogP contribution in [-0.2, 0) is 0 Å². The number of halogens is 1. The van der Waals surface area contributed by atoms with Gasteiger partial charge in [-0.1, -0.05) is 23.7 Å².